The lowest BCUT2D eigenvalue weighted by Gasteiger charge is -2.27. The van der Waals surface area contributed by atoms with Crippen LogP contribution in [0.3, 0.4) is 0 Å². The summed E-state index contributed by atoms with van der Waals surface area (Å²) < 4.78 is 14.4. The summed E-state index contributed by atoms with van der Waals surface area (Å²) in [5.41, 5.74) is 5.15. The number of aromatic nitrogens is 2. The van der Waals surface area contributed by atoms with Crippen molar-refractivity contribution >= 4 is 38.6 Å². The van der Waals surface area contributed by atoms with Crippen LogP contribution >= 0.6 is 15.9 Å². The van der Waals surface area contributed by atoms with Crippen LogP contribution in [0.5, 0.6) is 11.5 Å². The lowest BCUT2D eigenvalue weighted by Crippen LogP contribution is -2.19. The van der Waals surface area contributed by atoms with Gasteiger partial charge in [-0.25, -0.2) is 4.98 Å². The van der Waals surface area contributed by atoms with E-state index in [9.17, 15) is 0 Å². The fourth-order valence-corrected chi connectivity index (χ4v) is 4.16. The van der Waals surface area contributed by atoms with E-state index in [1.807, 2.05) is 42.5 Å². The van der Waals surface area contributed by atoms with Crippen LogP contribution in [0.25, 0.3) is 16.7 Å². The molecule has 1 N–H and O–H groups in total. The molecule has 30 heavy (non-hydrogen) atoms. The second-order valence-electron chi connectivity index (χ2n) is 7.06. The maximum Gasteiger partial charge on any atom is 0.209 e. The van der Waals surface area contributed by atoms with Crippen LogP contribution < -0.4 is 14.8 Å². The molecule has 5 nitrogen and oxygen atoms in total. The molecule has 3 aromatic carbocycles. The van der Waals surface area contributed by atoms with Gasteiger partial charge in [0.05, 0.1) is 31.3 Å². The third kappa shape index (κ3) is 3.13. The Bertz CT molecular complexity index is 1260. The summed E-state index contributed by atoms with van der Waals surface area (Å²) in [5.74, 6) is 2.34. The van der Waals surface area contributed by atoms with E-state index in [2.05, 4.69) is 56.2 Å². The van der Waals surface area contributed by atoms with Gasteiger partial charge in [-0.1, -0.05) is 40.2 Å². The number of halogens is 1. The first-order valence-corrected chi connectivity index (χ1v) is 10.4. The topological polar surface area (TPSA) is 48.3 Å². The monoisotopic (exact) mass is 461 g/mol. The van der Waals surface area contributed by atoms with Gasteiger partial charge in [-0.15, -0.1) is 0 Å². The fourth-order valence-electron chi connectivity index (χ4n) is 3.90. The Morgan fingerprint density at radius 3 is 2.53 bits per heavy atom. The molecular weight excluding hydrogens is 442 g/mol. The van der Waals surface area contributed by atoms with Gasteiger partial charge in [-0.2, -0.15) is 0 Å². The van der Waals surface area contributed by atoms with Crippen molar-refractivity contribution in [1.82, 2.24) is 9.55 Å². The van der Waals surface area contributed by atoms with Crippen LogP contribution in [0, 0.1) is 0 Å². The number of hydrogen-bond acceptors (Lipinski definition) is 4. The molecule has 0 saturated carbocycles. The second kappa shape index (κ2) is 7.54. The Hall–Kier alpha value is -3.25. The maximum absolute atomic E-state index is 5.73. The van der Waals surface area contributed by atoms with Crippen LogP contribution in [-0.4, -0.2) is 23.8 Å². The summed E-state index contributed by atoms with van der Waals surface area (Å²) in [4.78, 5) is 4.85. The zero-order chi connectivity index (χ0) is 20.7. The smallest absolute Gasteiger partial charge is 0.209 e. The number of imidazole rings is 1. The second-order valence-corrected chi connectivity index (χ2v) is 7.97. The zero-order valence-corrected chi connectivity index (χ0v) is 18.2. The molecule has 0 saturated heterocycles. The van der Waals surface area contributed by atoms with Crippen LogP contribution in [-0.2, 0) is 0 Å². The van der Waals surface area contributed by atoms with Crippen molar-refractivity contribution in [3.63, 3.8) is 0 Å². The van der Waals surface area contributed by atoms with E-state index >= 15 is 0 Å². The Morgan fingerprint density at radius 2 is 1.77 bits per heavy atom. The Labute approximate surface area is 183 Å². The molecule has 1 atom stereocenters. The molecule has 0 bridgehead atoms. The van der Waals surface area contributed by atoms with Gasteiger partial charge in [0.15, 0.2) is 0 Å². The standard InChI is InChI=1S/C24H20BrN3O2/c1-29-17-11-12-18(23(13-17)30-2)22-14-20(15-7-9-16(25)10-8-15)27-24-26-19-5-3-4-6-21(19)28(22)24/h3-14,22H,1-2H3,(H,26,27)/t22-/m1/s1. The fraction of sp³-hybridized carbons (Fsp3) is 0.125. The summed E-state index contributed by atoms with van der Waals surface area (Å²) >= 11 is 3.51. The van der Waals surface area contributed by atoms with E-state index in [0.29, 0.717) is 0 Å². The highest BCUT2D eigenvalue weighted by atomic mass is 79.9. The third-order valence-electron chi connectivity index (χ3n) is 5.36. The largest absolute Gasteiger partial charge is 0.497 e. The number of ether oxygens (including phenoxy) is 2. The molecule has 4 aromatic rings. The zero-order valence-electron chi connectivity index (χ0n) is 16.6. The Balaban J connectivity index is 1.73. The minimum atomic E-state index is -0.0897. The van der Waals surface area contributed by atoms with Crippen molar-refractivity contribution in [2.45, 2.75) is 6.04 Å². The number of methoxy groups -OCH3 is 2. The molecule has 0 amide bonds. The van der Waals surface area contributed by atoms with E-state index in [1.54, 1.807) is 14.2 Å². The van der Waals surface area contributed by atoms with Crippen LogP contribution in [0.4, 0.5) is 5.95 Å². The highest BCUT2D eigenvalue weighted by molar-refractivity contribution is 9.10. The predicted octanol–water partition coefficient (Wildman–Crippen LogP) is 5.87. The van der Waals surface area contributed by atoms with Gasteiger partial charge in [0, 0.05) is 21.8 Å². The molecule has 1 aliphatic rings. The first-order chi connectivity index (χ1) is 14.7. The quantitative estimate of drug-likeness (QED) is 0.412. The van der Waals surface area contributed by atoms with Gasteiger partial charge in [-0.3, -0.25) is 4.57 Å². The molecule has 5 rings (SSSR count). The molecule has 1 aliphatic heterocycles. The van der Waals surface area contributed by atoms with Crippen molar-refractivity contribution in [1.29, 1.82) is 0 Å². The van der Waals surface area contributed by atoms with Crippen molar-refractivity contribution in [3.05, 3.63) is 88.4 Å². The Morgan fingerprint density at radius 1 is 0.967 bits per heavy atom. The van der Waals surface area contributed by atoms with Gasteiger partial charge < -0.3 is 14.8 Å². The van der Waals surface area contributed by atoms with Crippen LogP contribution in [0.1, 0.15) is 17.2 Å². The molecule has 0 unspecified atom stereocenters. The highest BCUT2D eigenvalue weighted by Crippen LogP contribution is 2.40. The average Bonchev–Trinajstić information content (AvgIpc) is 3.17. The van der Waals surface area contributed by atoms with E-state index in [-0.39, 0.29) is 6.04 Å². The van der Waals surface area contributed by atoms with Gasteiger partial charge in [0.1, 0.15) is 11.5 Å². The summed E-state index contributed by atoms with van der Waals surface area (Å²) in [5, 5.41) is 3.51. The number of hydrogen-bond donors (Lipinski definition) is 1. The number of nitrogens with zero attached hydrogens (tertiary/aromatic N) is 2. The first-order valence-electron chi connectivity index (χ1n) is 9.61. The predicted molar refractivity (Wildman–Crippen MR) is 123 cm³/mol. The van der Waals surface area contributed by atoms with Crippen molar-refractivity contribution in [2.24, 2.45) is 0 Å². The van der Waals surface area contributed by atoms with Crippen molar-refractivity contribution in [3.8, 4) is 11.5 Å². The lowest BCUT2D eigenvalue weighted by atomic mass is 10.00. The third-order valence-corrected chi connectivity index (χ3v) is 5.89. The van der Waals surface area contributed by atoms with E-state index in [4.69, 9.17) is 14.5 Å². The number of nitrogens with one attached hydrogen (secondary N) is 1. The molecule has 0 spiro atoms. The summed E-state index contributed by atoms with van der Waals surface area (Å²) in [6, 6.07) is 22.3. The number of para-hydroxylation sites is 2. The molecule has 1 aromatic heterocycles. The van der Waals surface area contributed by atoms with E-state index in [0.717, 1.165) is 49.8 Å². The van der Waals surface area contributed by atoms with Crippen molar-refractivity contribution in [2.75, 3.05) is 19.5 Å². The number of benzene rings is 3. The maximum atomic E-state index is 5.73. The summed E-state index contributed by atoms with van der Waals surface area (Å²) in [7, 11) is 3.34. The van der Waals surface area contributed by atoms with Crippen molar-refractivity contribution < 1.29 is 9.47 Å². The van der Waals surface area contributed by atoms with E-state index in [1.165, 1.54) is 0 Å². The Kier molecular flexibility index (Phi) is 4.71. The number of rotatable bonds is 4. The molecule has 0 aliphatic carbocycles. The molecule has 150 valence electrons. The first kappa shape index (κ1) is 18.8. The number of fused-ring (bicyclic) bond motifs is 3. The summed E-state index contributed by atoms with van der Waals surface area (Å²) in [6.45, 7) is 0. The molecular formula is C24H20BrN3O2. The SMILES string of the molecule is COc1ccc([C@H]2C=C(c3ccc(Br)cc3)Nc3nc4ccccc4n32)c(OC)c1. The number of anilines is 1. The minimum Gasteiger partial charge on any atom is -0.497 e. The van der Waals surface area contributed by atoms with Gasteiger partial charge in [0.25, 0.3) is 0 Å². The van der Waals surface area contributed by atoms with Crippen LogP contribution in [0.2, 0.25) is 0 Å². The van der Waals surface area contributed by atoms with Gasteiger partial charge in [0.2, 0.25) is 5.95 Å². The number of allylic oxidation sites excluding steroid dienone is 1. The van der Waals surface area contributed by atoms with Gasteiger partial charge in [-0.05, 0) is 48.0 Å². The van der Waals surface area contributed by atoms with Crippen LogP contribution in [0.15, 0.2) is 77.3 Å². The minimum absolute atomic E-state index is 0.0897. The normalized spacial score (nSPS) is 15.3. The molecule has 0 radical (unpaired) electrons. The highest BCUT2D eigenvalue weighted by Gasteiger charge is 2.27. The molecule has 6 heteroatoms. The van der Waals surface area contributed by atoms with E-state index < -0.39 is 0 Å². The molecule has 0 fully saturated rings. The van der Waals surface area contributed by atoms with Gasteiger partial charge >= 0.3 is 0 Å². The molecule has 2 heterocycles. The average molecular weight is 462 g/mol. The summed E-state index contributed by atoms with van der Waals surface area (Å²) in [6.07, 6.45) is 2.22. The lowest BCUT2D eigenvalue weighted by molar-refractivity contribution is 0.389.